The van der Waals surface area contributed by atoms with Gasteiger partial charge in [0, 0.05) is 6.07 Å². The average molecular weight is 213 g/mol. The van der Waals surface area contributed by atoms with Crippen LogP contribution in [0.2, 0.25) is 5.02 Å². The van der Waals surface area contributed by atoms with Gasteiger partial charge in [-0.25, -0.2) is 0 Å². The van der Waals surface area contributed by atoms with E-state index in [1.807, 2.05) is 0 Å². The molecule has 2 aromatic rings. The molecule has 0 radical (unpaired) electrons. The molecule has 0 bridgehead atoms. The van der Waals surface area contributed by atoms with E-state index in [-0.39, 0.29) is 21.8 Å². The molecule has 6 heteroatoms. The van der Waals surface area contributed by atoms with Crippen molar-refractivity contribution in [3.8, 4) is 5.75 Å². The van der Waals surface area contributed by atoms with Crippen LogP contribution in [-0.4, -0.2) is 5.11 Å². The lowest BCUT2D eigenvalue weighted by molar-refractivity contribution is -0.628. The Hall–Kier alpha value is -1.75. The molecule has 0 saturated carbocycles. The molecule has 0 fully saturated rings. The van der Waals surface area contributed by atoms with Crippen LogP contribution in [-0.2, 0) is 0 Å². The summed E-state index contributed by atoms with van der Waals surface area (Å²) >= 11 is 5.60. The monoisotopic (exact) mass is 212 g/mol. The van der Waals surface area contributed by atoms with Gasteiger partial charge in [0.2, 0.25) is 18.1 Å². The third-order valence-corrected chi connectivity index (χ3v) is 2.18. The van der Waals surface area contributed by atoms with Gasteiger partial charge in [-0.05, 0) is 6.07 Å². The number of hydrogen-bond donors (Lipinski definition) is 1. The number of hydrogen-bond acceptors (Lipinski definition) is 3. The van der Waals surface area contributed by atoms with Gasteiger partial charge in [0.25, 0.3) is 5.52 Å². The van der Waals surface area contributed by atoms with Crippen molar-refractivity contribution in [1.82, 2.24) is 0 Å². The Morgan fingerprint density at radius 1 is 1.14 bits per heavy atom. The van der Waals surface area contributed by atoms with Gasteiger partial charge in [-0.15, -0.1) is 0 Å². The molecule has 1 aromatic heterocycles. The quantitative estimate of drug-likeness (QED) is 0.509. The first-order valence-corrected chi connectivity index (χ1v) is 4.11. The fourth-order valence-electron chi connectivity index (χ4n) is 1.22. The van der Waals surface area contributed by atoms with E-state index in [1.165, 1.54) is 12.1 Å². The van der Waals surface area contributed by atoms with Crippen LogP contribution >= 0.6 is 11.6 Å². The van der Waals surface area contributed by atoms with E-state index in [2.05, 4.69) is 0 Å². The van der Waals surface area contributed by atoms with Crippen LogP contribution in [0.5, 0.6) is 5.75 Å². The number of benzene rings is 1. The first-order chi connectivity index (χ1) is 6.61. The molecule has 2 rings (SSSR count). The van der Waals surface area contributed by atoms with Gasteiger partial charge in [0.1, 0.15) is 0 Å². The lowest BCUT2D eigenvalue weighted by atomic mass is 10.3. The third kappa shape index (κ3) is 1.10. The summed E-state index contributed by atoms with van der Waals surface area (Å²) in [6.07, 6.45) is 2.06. The van der Waals surface area contributed by atoms with Gasteiger partial charge >= 0.3 is 5.52 Å². The maximum Gasteiger partial charge on any atom is 0.333 e. The molecule has 0 aliphatic heterocycles. The average Bonchev–Trinajstić information content (AvgIpc) is 2.16. The smallest absolute Gasteiger partial charge is 0.333 e. The topological polar surface area (TPSA) is 74.1 Å². The standard InChI is InChI=1S/C8H5ClN2O3/c9-5-1-2-6-7(8(5)12)11(14)4-3-10(6)13/h1-4,12H. The number of phenols is 1. The predicted octanol–water partition coefficient (Wildman–Crippen LogP) is 0.466. The summed E-state index contributed by atoms with van der Waals surface area (Å²) in [6.45, 7) is 0. The zero-order chi connectivity index (χ0) is 10.3. The van der Waals surface area contributed by atoms with Crippen molar-refractivity contribution in [3.05, 3.63) is 40.0 Å². The Labute approximate surface area is 83.6 Å². The summed E-state index contributed by atoms with van der Waals surface area (Å²) in [5.41, 5.74) is -0.0561. The number of aromatic nitrogens is 2. The molecule has 0 unspecified atom stereocenters. The summed E-state index contributed by atoms with van der Waals surface area (Å²) in [7, 11) is 0. The maximum absolute atomic E-state index is 11.2. The second-order valence-corrected chi connectivity index (χ2v) is 3.12. The molecular formula is C8H5ClN2O3. The molecule has 0 spiro atoms. The highest BCUT2D eigenvalue weighted by Crippen LogP contribution is 2.27. The Morgan fingerprint density at radius 3 is 2.50 bits per heavy atom. The van der Waals surface area contributed by atoms with Crippen LogP contribution in [0.25, 0.3) is 11.0 Å². The number of fused-ring (bicyclic) bond motifs is 1. The van der Waals surface area contributed by atoms with Crippen LogP contribution in [0.15, 0.2) is 24.5 Å². The molecule has 1 aromatic carbocycles. The molecule has 0 aliphatic rings. The predicted molar refractivity (Wildman–Crippen MR) is 48.5 cm³/mol. The van der Waals surface area contributed by atoms with Gasteiger partial charge in [-0.1, -0.05) is 11.6 Å². The van der Waals surface area contributed by atoms with Crippen LogP contribution in [0.4, 0.5) is 0 Å². The largest absolute Gasteiger partial charge is 0.618 e. The van der Waals surface area contributed by atoms with Crippen LogP contribution in [0, 0.1) is 10.4 Å². The summed E-state index contributed by atoms with van der Waals surface area (Å²) < 4.78 is 0.880. The fourth-order valence-corrected chi connectivity index (χ4v) is 1.37. The van der Waals surface area contributed by atoms with Crippen LogP contribution in [0.3, 0.4) is 0 Å². The number of phenolic OH excluding ortho intramolecular Hbond substituents is 1. The molecule has 5 nitrogen and oxygen atoms in total. The van der Waals surface area contributed by atoms with E-state index < -0.39 is 0 Å². The molecule has 0 amide bonds. The number of nitrogens with zero attached hydrogens (tertiary/aromatic N) is 2. The number of halogens is 1. The van der Waals surface area contributed by atoms with Gasteiger partial charge < -0.3 is 15.5 Å². The molecule has 0 saturated heterocycles. The molecule has 1 heterocycles. The van der Waals surface area contributed by atoms with Gasteiger partial charge in [-0.2, -0.15) is 9.46 Å². The van der Waals surface area contributed by atoms with Crippen molar-refractivity contribution in [1.29, 1.82) is 0 Å². The van der Waals surface area contributed by atoms with Crippen molar-refractivity contribution in [2.75, 3.05) is 0 Å². The lowest BCUT2D eigenvalue weighted by Gasteiger charge is -2.04. The first kappa shape index (κ1) is 8.83. The zero-order valence-electron chi connectivity index (χ0n) is 6.85. The fraction of sp³-hybridized carbons (Fsp3) is 0. The number of aromatic hydroxyl groups is 1. The van der Waals surface area contributed by atoms with E-state index >= 15 is 0 Å². The zero-order valence-corrected chi connectivity index (χ0v) is 7.60. The summed E-state index contributed by atoms with van der Waals surface area (Å²) in [6, 6.07) is 2.73. The Balaban J connectivity index is 3.01. The van der Waals surface area contributed by atoms with Crippen LogP contribution in [0.1, 0.15) is 0 Å². The minimum Gasteiger partial charge on any atom is -0.618 e. The van der Waals surface area contributed by atoms with E-state index in [0.717, 1.165) is 12.4 Å². The molecule has 0 atom stereocenters. The van der Waals surface area contributed by atoms with Crippen LogP contribution < -0.4 is 9.46 Å². The van der Waals surface area contributed by atoms with Crippen molar-refractivity contribution < 1.29 is 14.6 Å². The molecule has 1 N–H and O–H groups in total. The van der Waals surface area contributed by atoms with E-state index in [9.17, 15) is 15.5 Å². The highest BCUT2D eigenvalue weighted by Gasteiger charge is 2.19. The Kier molecular flexibility index (Phi) is 1.82. The lowest BCUT2D eigenvalue weighted by Crippen LogP contribution is -2.36. The summed E-state index contributed by atoms with van der Waals surface area (Å²) in [5.74, 6) is -0.385. The van der Waals surface area contributed by atoms with Gasteiger partial charge in [0.05, 0.1) is 5.02 Å². The van der Waals surface area contributed by atoms with E-state index in [1.54, 1.807) is 0 Å². The second kappa shape index (κ2) is 2.88. The SMILES string of the molecule is [O-][n+]1cc[n+]([O-])c2c(O)c(Cl)ccc21. The molecule has 14 heavy (non-hydrogen) atoms. The normalized spacial score (nSPS) is 10.6. The minimum absolute atomic E-state index is 0.0355. The van der Waals surface area contributed by atoms with Gasteiger partial charge in [-0.3, -0.25) is 0 Å². The Bertz CT molecular complexity index is 515. The number of rotatable bonds is 0. The maximum atomic E-state index is 11.2. The Morgan fingerprint density at radius 2 is 1.79 bits per heavy atom. The van der Waals surface area contributed by atoms with E-state index in [0.29, 0.717) is 9.46 Å². The van der Waals surface area contributed by atoms with Crippen molar-refractivity contribution in [2.24, 2.45) is 0 Å². The minimum atomic E-state index is -0.385. The summed E-state index contributed by atoms with van der Waals surface area (Å²) in [4.78, 5) is 0. The molecule has 0 aliphatic carbocycles. The second-order valence-electron chi connectivity index (χ2n) is 2.71. The van der Waals surface area contributed by atoms with Crippen molar-refractivity contribution in [3.63, 3.8) is 0 Å². The molecule has 72 valence electrons. The first-order valence-electron chi connectivity index (χ1n) is 3.74. The summed E-state index contributed by atoms with van der Waals surface area (Å²) in [5, 5.41) is 31.9. The van der Waals surface area contributed by atoms with Gasteiger partial charge in [0.15, 0.2) is 0 Å². The van der Waals surface area contributed by atoms with E-state index in [4.69, 9.17) is 11.6 Å². The van der Waals surface area contributed by atoms with Crippen molar-refractivity contribution in [2.45, 2.75) is 0 Å². The van der Waals surface area contributed by atoms with Crippen molar-refractivity contribution >= 4 is 22.6 Å². The molecular weight excluding hydrogens is 208 g/mol. The third-order valence-electron chi connectivity index (χ3n) is 1.88. The highest BCUT2D eigenvalue weighted by atomic mass is 35.5. The highest BCUT2D eigenvalue weighted by molar-refractivity contribution is 6.32.